The highest BCUT2D eigenvalue weighted by Crippen LogP contribution is 2.21. The summed E-state index contributed by atoms with van der Waals surface area (Å²) in [4.78, 5) is 4.03. The van der Waals surface area contributed by atoms with Crippen molar-refractivity contribution in [2.45, 2.75) is 25.4 Å². The number of aryl methyl sites for hydroxylation is 1. The van der Waals surface area contributed by atoms with E-state index in [2.05, 4.69) is 33.9 Å². The van der Waals surface area contributed by atoms with Gasteiger partial charge in [-0.3, -0.25) is 0 Å². The Morgan fingerprint density at radius 3 is 2.74 bits per heavy atom. The molecular formula is C15H20ClN3. The van der Waals surface area contributed by atoms with Crippen molar-refractivity contribution in [3.05, 3.63) is 54.6 Å². The van der Waals surface area contributed by atoms with Gasteiger partial charge in [0, 0.05) is 24.8 Å². The van der Waals surface area contributed by atoms with E-state index >= 15 is 0 Å². The zero-order valence-electron chi connectivity index (χ0n) is 11.2. The summed E-state index contributed by atoms with van der Waals surface area (Å²) in [5, 5.41) is 3.56. The first-order valence-corrected chi connectivity index (χ1v) is 7.10. The number of hydrogen-bond acceptors (Lipinski definition) is 2. The Labute approximate surface area is 119 Å². The molecule has 102 valence electrons. The molecule has 1 aromatic heterocycles. The highest BCUT2D eigenvalue weighted by atomic mass is 35.5. The fourth-order valence-corrected chi connectivity index (χ4v) is 2.33. The zero-order valence-corrected chi connectivity index (χ0v) is 12.0. The number of benzene rings is 1. The smallest absolute Gasteiger partial charge is 0.0945 e. The van der Waals surface area contributed by atoms with Gasteiger partial charge in [0.25, 0.3) is 0 Å². The quantitative estimate of drug-likeness (QED) is 0.623. The van der Waals surface area contributed by atoms with Gasteiger partial charge in [-0.25, -0.2) is 4.98 Å². The molecule has 1 N–H and O–H groups in total. The highest BCUT2D eigenvalue weighted by molar-refractivity contribution is 6.18. The molecule has 0 fully saturated rings. The molecule has 1 heterocycles. The van der Waals surface area contributed by atoms with Crippen molar-refractivity contribution in [1.29, 1.82) is 0 Å². The minimum atomic E-state index is -0.169. The molecule has 19 heavy (non-hydrogen) atoms. The molecule has 1 atom stereocenters. The molecule has 0 aliphatic heterocycles. The summed E-state index contributed by atoms with van der Waals surface area (Å²) in [5.41, 5.74) is 1.06. The van der Waals surface area contributed by atoms with Crippen LogP contribution >= 0.6 is 11.6 Å². The first-order chi connectivity index (χ1) is 9.24. The Balaban J connectivity index is 1.85. The monoisotopic (exact) mass is 277 g/mol. The van der Waals surface area contributed by atoms with Crippen molar-refractivity contribution >= 4 is 11.6 Å². The lowest BCUT2D eigenvalue weighted by atomic mass is 9.94. The lowest BCUT2D eigenvalue weighted by Crippen LogP contribution is -2.42. The molecule has 1 unspecified atom stereocenters. The van der Waals surface area contributed by atoms with E-state index in [0.29, 0.717) is 5.88 Å². The molecule has 0 aliphatic carbocycles. The summed E-state index contributed by atoms with van der Waals surface area (Å²) in [6.07, 6.45) is 6.69. The van der Waals surface area contributed by atoms with Gasteiger partial charge < -0.3 is 9.88 Å². The maximum Gasteiger partial charge on any atom is 0.0945 e. The Morgan fingerprint density at radius 2 is 2.11 bits per heavy atom. The Morgan fingerprint density at radius 1 is 1.32 bits per heavy atom. The third-order valence-electron chi connectivity index (χ3n) is 3.35. The largest absolute Gasteiger partial charge is 0.337 e. The van der Waals surface area contributed by atoms with Gasteiger partial charge in [-0.2, -0.15) is 0 Å². The fraction of sp³-hybridized carbons (Fsp3) is 0.400. The molecule has 0 spiro atoms. The van der Waals surface area contributed by atoms with Crippen molar-refractivity contribution in [2.75, 3.05) is 12.4 Å². The van der Waals surface area contributed by atoms with E-state index in [0.717, 1.165) is 19.5 Å². The molecule has 0 bridgehead atoms. The van der Waals surface area contributed by atoms with E-state index in [9.17, 15) is 0 Å². The lowest BCUT2D eigenvalue weighted by Gasteiger charge is -2.29. The summed E-state index contributed by atoms with van der Waals surface area (Å²) in [5.74, 6) is 0.558. The number of hydrogen-bond donors (Lipinski definition) is 1. The molecule has 2 rings (SSSR count). The predicted molar refractivity (Wildman–Crippen MR) is 79.4 cm³/mol. The SMILES string of the molecule is CC(CCl)(NCCCn1ccnc1)c1ccccc1. The molecule has 1 aromatic carbocycles. The molecule has 4 heteroatoms. The molecule has 0 aliphatic rings. The molecule has 0 saturated carbocycles. The van der Waals surface area contributed by atoms with Gasteiger partial charge in [0.15, 0.2) is 0 Å². The average molecular weight is 278 g/mol. The average Bonchev–Trinajstić information content (AvgIpc) is 2.97. The molecule has 0 saturated heterocycles. The number of rotatable bonds is 7. The maximum atomic E-state index is 6.14. The second kappa shape index (κ2) is 6.73. The van der Waals surface area contributed by atoms with Crippen LogP contribution in [0.15, 0.2) is 49.1 Å². The number of nitrogens with one attached hydrogen (secondary N) is 1. The van der Waals surface area contributed by atoms with Crippen molar-refractivity contribution < 1.29 is 0 Å². The van der Waals surface area contributed by atoms with Crippen LogP contribution in [0, 0.1) is 0 Å². The van der Waals surface area contributed by atoms with Crippen LogP contribution in [0.2, 0.25) is 0 Å². The molecular weight excluding hydrogens is 258 g/mol. The third-order valence-corrected chi connectivity index (χ3v) is 3.88. The van der Waals surface area contributed by atoms with Crippen LogP contribution in [0.25, 0.3) is 0 Å². The van der Waals surface area contributed by atoms with Gasteiger partial charge in [0.05, 0.1) is 11.9 Å². The van der Waals surface area contributed by atoms with E-state index in [1.807, 2.05) is 30.7 Å². The number of halogens is 1. The van der Waals surface area contributed by atoms with Gasteiger partial charge in [-0.15, -0.1) is 11.6 Å². The lowest BCUT2D eigenvalue weighted by molar-refractivity contribution is 0.398. The van der Waals surface area contributed by atoms with Gasteiger partial charge >= 0.3 is 0 Å². The van der Waals surface area contributed by atoms with Gasteiger partial charge in [0.1, 0.15) is 0 Å². The second-order valence-corrected chi connectivity index (χ2v) is 5.18. The van der Waals surface area contributed by atoms with E-state index in [1.54, 1.807) is 6.20 Å². The van der Waals surface area contributed by atoms with Gasteiger partial charge in [0.2, 0.25) is 0 Å². The predicted octanol–water partition coefficient (Wildman–Crippen LogP) is 3.02. The fourth-order valence-electron chi connectivity index (χ4n) is 2.08. The maximum absolute atomic E-state index is 6.14. The Kier molecular flexibility index (Phi) is 5.00. The molecule has 2 aromatic rings. The van der Waals surface area contributed by atoms with Crippen LogP contribution in [0.5, 0.6) is 0 Å². The van der Waals surface area contributed by atoms with Crippen molar-refractivity contribution in [3.8, 4) is 0 Å². The standard InChI is InChI=1S/C15H20ClN3/c1-15(12-16,14-6-3-2-4-7-14)18-8-5-10-19-11-9-17-13-19/h2-4,6-7,9,11,13,18H,5,8,10,12H2,1H3. The summed E-state index contributed by atoms with van der Waals surface area (Å²) in [6, 6.07) is 10.4. The minimum absolute atomic E-state index is 0.169. The van der Waals surface area contributed by atoms with Crippen LogP contribution in [-0.4, -0.2) is 22.0 Å². The number of alkyl halides is 1. The summed E-state index contributed by atoms with van der Waals surface area (Å²) < 4.78 is 2.09. The normalized spacial score (nSPS) is 14.2. The third kappa shape index (κ3) is 3.82. The van der Waals surface area contributed by atoms with Crippen LogP contribution in [-0.2, 0) is 12.1 Å². The van der Waals surface area contributed by atoms with Crippen molar-refractivity contribution in [3.63, 3.8) is 0 Å². The second-order valence-electron chi connectivity index (χ2n) is 4.91. The van der Waals surface area contributed by atoms with Crippen molar-refractivity contribution in [1.82, 2.24) is 14.9 Å². The van der Waals surface area contributed by atoms with E-state index in [1.165, 1.54) is 5.56 Å². The number of aromatic nitrogens is 2. The summed E-state index contributed by atoms with van der Waals surface area (Å²) in [6.45, 7) is 4.04. The molecule has 0 radical (unpaired) electrons. The first-order valence-electron chi connectivity index (χ1n) is 6.57. The summed E-state index contributed by atoms with van der Waals surface area (Å²) >= 11 is 6.14. The summed E-state index contributed by atoms with van der Waals surface area (Å²) in [7, 11) is 0. The van der Waals surface area contributed by atoms with Gasteiger partial charge in [-0.1, -0.05) is 30.3 Å². The van der Waals surface area contributed by atoms with Crippen LogP contribution in [0.4, 0.5) is 0 Å². The Bertz CT molecular complexity index is 469. The van der Waals surface area contributed by atoms with Gasteiger partial charge in [-0.05, 0) is 25.5 Å². The number of nitrogens with zero attached hydrogens (tertiary/aromatic N) is 2. The van der Waals surface area contributed by atoms with E-state index < -0.39 is 0 Å². The number of imidazole rings is 1. The highest BCUT2D eigenvalue weighted by Gasteiger charge is 2.24. The molecule has 0 amide bonds. The van der Waals surface area contributed by atoms with Crippen LogP contribution in [0.1, 0.15) is 18.9 Å². The van der Waals surface area contributed by atoms with Crippen LogP contribution < -0.4 is 5.32 Å². The van der Waals surface area contributed by atoms with Crippen LogP contribution in [0.3, 0.4) is 0 Å². The zero-order chi connectivity index (χ0) is 13.6. The van der Waals surface area contributed by atoms with Crippen molar-refractivity contribution in [2.24, 2.45) is 0 Å². The van der Waals surface area contributed by atoms with E-state index in [-0.39, 0.29) is 5.54 Å². The topological polar surface area (TPSA) is 29.9 Å². The minimum Gasteiger partial charge on any atom is -0.337 e. The first kappa shape index (κ1) is 14.1. The Hall–Kier alpha value is -1.32. The molecule has 3 nitrogen and oxygen atoms in total. The van der Waals surface area contributed by atoms with E-state index in [4.69, 9.17) is 11.6 Å².